The van der Waals surface area contributed by atoms with Gasteiger partial charge in [0.1, 0.15) is 36.1 Å². The van der Waals surface area contributed by atoms with Crippen LogP contribution in [-0.2, 0) is 0 Å². The molecule has 1 aromatic heterocycles. The van der Waals surface area contributed by atoms with Crippen LogP contribution in [0.1, 0.15) is 12.0 Å². The first-order valence-electron chi connectivity index (χ1n) is 11.1. The lowest BCUT2D eigenvalue weighted by molar-refractivity contribution is 0.0722. The fourth-order valence-corrected chi connectivity index (χ4v) is 4.61. The smallest absolute Gasteiger partial charge is 0.418 e. The number of amides is 1. The van der Waals surface area contributed by atoms with E-state index in [1.54, 1.807) is 36.4 Å². The average molecular weight is 521 g/mol. The molecule has 35 heavy (non-hydrogen) atoms. The van der Waals surface area contributed by atoms with Gasteiger partial charge in [0.15, 0.2) is 5.06 Å². The van der Waals surface area contributed by atoms with Crippen LogP contribution in [-0.4, -0.2) is 54.5 Å². The van der Waals surface area contributed by atoms with Crippen LogP contribution in [0.5, 0.6) is 16.6 Å². The van der Waals surface area contributed by atoms with Crippen molar-refractivity contribution in [1.82, 2.24) is 4.90 Å². The summed E-state index contributed by atoms with van der Waals surface area (Å²) in [6, 6.07) is 14.6. The predicted molar refractivity (Wildman–Crippen MR) is 134 cm³/mol. The highest BCUT2D eigenvalue weighted by molar-refractivity contribution is 7.17. The Balaban J connectivity index is 1.26. The zero-order chi connectivity index (χ0) is 24.8. The Morgan fingerprint density at radius 1 is 1.26 bits per heavy atom. The van der Waals surface area contributed by atoms with E-state index < -0.39 is 12.2 Å². The lowest BCUT2D eigenvalue weighted by Gasteiger charge is -2.21. The first-order valence-corrected chi connectivity index (χ1v) is 12.3. The van der Waals surface area contributed by atoms with Crippen molar-refractivity contribution < 1.29 is 28.5 Å². The monoisotopic (exact) mass is 520 g/mol. The number of rotatable bonds is 9. The number of aliphatic hydroxyl groups is 1. The molecule has 7 nitrogen and oxygen atoms in total. The maximum absolute atomic E-state index is 13.1. The van der Waals surface area contributed by atoms with Crippen molar-refractivity contribution in [2.75, 3.05) is 31.6 Å². The summed E-state index contributed by atoms with van der Waals surface area (Å²) < 4.78 is 30.6. The van der Waals surface area contributed by atoms with E-state index >= 15 is 0 Å². The molecule has 0 radical (unpaired) electrons. The van der Waals surface area contributed by atoms with Crippen LogP contribution in [0.3, 0.4) is 0 Å². The third-order valence-electron chi connectivity index (χ3n) is 5.36. The summed E-state index contributed by atoms with van der Waals surface area (Å²) in [6.45, 7) is 3.81. The first-order chi connectivity index (χ1) is 16.8. The van der Waals surface area contributed by atoms with Crippen LogP contribution in [0.4, 0.5) is 14.9 Å². The quantitative estimate of drug-likeness (QED) is 0.396. The van der Waals surface area contributed by atoms with Crippen molar-refractivity contribution >= 4 is 34.7 Å². The van der Waals surface area contributed by atoms with Gasteiger partial charge in [0.25, 0.3) is 0 Å². The van der Waals surface area contributed by atoms with Crippen molar-refractivity contribution in [3.63, 3.8) is 0 Å². The van der Waals surface area contributed by atoms with E-state index in [-0.39, 0.29) is 18.5 Å². The Labute approximate surface area is 212 Å². The molecule has 1 amide bonds. The highest BCUT2D eigenvalue weighted by Gasteiger charge is 2.26. The van der Waals surface area contributed by atoms with Crippen LogP contribution in [0.2, 0.25) is 4.34 Å². The number of hydrogen-bond acceptors (Lipinski definition) is 7. The standard InChI is InChI=1S/C25H26ClFN2O5S/c1-16-2-7-21(28-25(31)34-24-9-8-23(26)35-24)22(12-16)32-15-18(30)13-29-11-10-20(14-29)33-19-5-3-17(27)4-6-19/h2-9,12,18,20,30H,10-11,13-15H2,1H3,(H,28,31). The van der Waals surface area contributed by atoms with Gasteiger partial charge in [0.2, 0.25) is 0 Å². The second-order valence-electron chi connectivity index (χ2n) is 8.28. The lowest BCUT2D eigenvalue weighted by atomic mass is 10.2. The fraction of sp³-hybridized carbons (Fsp3) is 0.320. The molecule has 2 N–H and O–H groups in total. The van der Waals surface area contributed by atoms with E-state index in [2.05, 4.69) is 10.2 Å². The first kappa shape index (κ1) is 25.2. The van der Waals surface area contributed by atoms with Crippen molar-refractivity contribution in [2.24, 2.45) is 0 Å². The fourth-order valence-electron chi connectivity index (χ4n) is 3.73. The summed E-state index contributed by atoms with van der Waals surface area (Å²) >= 11 is 7.02. The van der Waals surface area contributed by atoms with Crippen molar-refractivity contribution in [2.45, 2.75) is 25.6 Å². The zero-order valence-electron chi connectivity index (χ0n) is 19.1. The van der Waals surface area contributed by atoms with Gasteiger partial charge in [-0.1, -0.05) is 29.0 Å². The second-order valence-corrected chi connectivity index (χ2v) is 9.96. The number of likely N-dealkylation sites (tertiary alicyclic amines) is 1. The second kappa shape index (κ2) is 11.7. The number of nitrogens with zero attached hydrogens (tertiary/aromatic N) is 1. The van der Waals surface area contributed by atoms with Crippen LogP contribution in [0, 0.1) is 12.7 Å². The Hall–Kier alpha value is -2.85. The van der Waals surface area contributed by atoms with Gasteiger partial charge in [0.05, 0.1) is 10.0 Å². The molecule has 0 aliphatic carbocycles. The Bertz CT molecular complexity index is 1140. The molecule has 1 saturated heterocycles. The Morgan fingerprint density at radius 3 is 2.80 bits per heavy atom. The van der Waals surface area contributed by atoms with Crippen molar-refractivity contribution in [3.8, 4) is 16.6 Å². The maximum atomic E-state index is 13.1. The van der Waals surface area contributed by atoms with E-state index in [4.69, 9.17) is 25.8 Å². The third-order valence-corrected chi connectivity index (χ3v) is 6.47. The molecule has 0 bridgehead atoms. The Kier molecular flexibility index (Phi) is 8.46. The van der Waals surface area contributed by atoms with Crippen molar-refractivity contribution in [1.29, 1.82) is 0 Å². The number of anilines is 1. The van der Waals surface area contributed by atoms with Crippen LogP contribution in [0.25, 0.3) is 0 Å². The van der Waals surface area contributed by atoms with E-state index in [1.165, 1.54) is 12.1 Å². The third kappa shape index (κ3) is 7.57. The number of aryl methyl sites for hydroxylation is 1. The van der Waals surface area contributed by atoms with E-state index in [0.29, 0.717) is 39.7 Å². The molecule has 1 aliphatic heterocycles. The highest BCUT2D eigenvalue weighted by atomic mass is 35.5. The highest BCUT2D eigenvalue weighted by Crippen LogP contribution is 2.30. The minimum atomic E-state index is -0.742. The van der Waals surface area contributed by atoms with Gasteiger partial charge in [-0.2, -0.15) is 0 Å². The number of carbonyl (C=O) groups excluding carboxylic acids is 1. The minimum absolute atomic E-state index is 0.0228. The zero-order valence-corrected chi connectivity index (χ0v) is 20.7. The van der Waals surface area contributed by atoms with Gasteiger partial charge in [-0.25, -0.2) is 9.18 Å². The summed E-state index contributed by atoms with van der Waals surface area (Å²) in [5.74, 6) is 0.760. The van der Waals surface area contributed by atoms with Gasteiger partial charge >= 0.3 is 6.09 Å². The van der Waals surface area contributed by atoms with Gasteiger partial charge in [-0.15, -0.1) is 0 Å². The van der Waals surface area contributed by atoms with E-state index in [1.807, 2.05) is 13.0 Å². The molecule has 2 atom stereocenters. The Morgan fingerprint density at radius 2 is 2.06 bits per heavy atom. The number of carbonyl (C=O) groups is 1. The molecule has 186 valence electrons. The largest absolute Gasteiger partial charge is 0.489 e. The number of β-amino-alcohol motifs (C(OH)–C–C–N with tert-alkyl or cyclic N) is 1. The SMILES string of the molecule is Cc1ccc(NC(=O)Oc2ccc(Cl)s2)c(OCC(O)CN2CCC(Oc3ccc(F)cc3)C2)c1. The summed E-state index contributed by atoms with van der Waals surface area (Å²) in [5, 5.41) is 13.6. The molecule has 4 rings (SSSR count). The van der Waals surface area contributed by atoms with Gasteiger partial charge in [-0.05, 0) is 67.4 Å². The van der Waals surface area contributed by atoms with E-state index in [9.17, 15) is 14.3 Å². The summed E-state index contributed by atoms with van der Waals surface area (Å²) in [6.07, 6.45) is -0.616. The predicted octanol–water partition coefficient (Wildman–Crippen LogP) is 5.35. The molecule has 0 saturated carbocycles. The molecular weight excluding hydrogens is 495 g/mol. The molecule has 2 heterocycles. The number of hydrogen-bond donors (Lipinski definition) is 2. The normalized spacial score (nSPS) is 16.6. The summed E-state index contributed by atoms with van der Waals surface area (Å²) in [4.78, 5) is 14.4. The molecule has 10 heteroatoms. The molecule has 0 spiro atoms. The van der Waals surface area contributed by atoms with Crippen molar-refractivity contribution in [3.05, 3.63) is 70.3 Å². The molecule has 3 aromatic rings. The van der Waals surface area contributed by atoms with Crippen LogP contribution >= 0.6 is 22.9 Å². The lowest BCUT2D eigenvalue weighted by Crippen LogP contribution is -2.35. The minimum Gasteiger partial charge on any atom is -0.489 e. The molecule has 2 unspecified atom stereocenters. The number of halogens is 2. The summed E-state index contributed by atoms with van der Waals surface area (Å²) in [7, 11) is 0. The van der Waals surface area contributed by atoms with Gasteiger partial charge in [0, 0.05) is 19.6 Å². The number of aliphatic hydroxyl groups excluding tert-OH is 1. The number of thiophene rings is 1. The maximum Gasteiger partial charge on any atom is 0.418 e. The molecule has 1 aliphatic rings. The average Bonchev–Trinajstić information content (AvgIpc) is 3.43. The molecular formula is C25H26ClFN2O5S. The topological polar surface area (TPSA) is 80.3 Å². The number of ether oxygens (including phenoxy) is 3. The number of benzene rings is 2. The van der Waals surface area contributed by atoms with Crippen LogP contribution < -0.4 is 19.5 Å². The van der Waals surface area contributed by atoms with E-state index in [0.717, 1.165) is 29.9 Å². The van der Waals surface area contributed by atoms with Gasteiger partial charge in [-0.3, -0.25) is 10.2 Å². The molecule has 1 fully saturated rings. The summed E-state index contributed by atoms with van der Waals surface area (Å²) in [5.41, 5.74) is 1.38. The number of nitrogens with one attached hydrogen (secondary N) is 1. The van der Waals surface area contributed by atoms with Gasteiger partial charge < -0.3 is 19.3 Å². The van der Waals surface area contributed by atoms with Crippen LogP contribution in [0.15, 0.2) is 54.6 Å². The molecule has 2 aromatic carbocycles.